The van der Waals surface area contributed by atoms with E-state index < -0.39 is 12.1 Å². The lowest BCUT2D eigenvalue weighted by atomic mass is 9.85. The first-order valence-corrected chi connectivity index (χ1v) is 14.3. The molecule has 4 aliphatic rings. The summed E-state index contributed by atoms with van der Waals surface area (Å²) in [6.07, 6.45) is 15.2. The zero-order valence-corrected chi connectivity index (χ0v) is 22.4. The molecule has 0 aromatic carbocycles. The zero-order valence-electron chi connectivity index (χ0n) is 22.4. The number of esters is 1. The van der Waals surface area contributed by atoms with Crippen molar-refractivity contribution >= 4 is 23.6 Å². The predicted molar refractivity (Wildman–Crippen MR) is 145 cm³/mol. The molecule has 0 N–H and O–H groups in total. The Morgan fingerprint density at radius 2 is 1.76 bits per heavy atom. The van der Waals surface area contributed by atoms with Gasteiger partial charge in [0.05, 0.1) is 18.4 Å². The van der Waals surface area contributed by atoms with Gasteiger partial charge in [0.25, 0.3) is 0 Å². The lowest BCUT2D eigenvalue weighted by molar-refractivity contribution is -0.151. The van der Waals surface area contributed by atoms with Crippen LogP contribution in [0.5, 0.6) is 0 Å². The fraction of sp³-hybridized carbons (Fsp3) is 0.600. The van der Waals surface area contributed by atoms with Crippen LogP contribution in [0.15, 0.2) is 48.7 Å². The van der Waals surface area contributed by atoms with Gasteiger partial charge in [-0.3, -0.25) is 19.4 Å². The van der Waals surface area contributed by atoms with E-state index in [1.54, 1.807) is 6.20 Å². The molecule has 3 fully saturated rings. The highest BCUT2D eigenvalue weighted by Crippen LogP contribution is 2.52. The Morgan fingerprint density at radius 1 is 1.03 bits per heavy atom. The molecule has 0 radical (unpaired) electrons. The number of unbranched alkanes of at least 4 members (excludes halogenated alkanes) is 4. The van der Waals surface area contributed by atoms with Gasteiger partial charge in [-0.25, -0.2) is 9.78 Å². The smallest absolute Gasteiger partial charge is 0.330 e. The SMILES string of the molecule is CCCCCC/C=C/C(=O)OC(CN1CCN(c2ccccn2)CC1)CN1C(=O)C2C3C=CC(C3)C2C1=O. The second-order valence-electron chi connectivity index (χ2n) is 11.1. The highest BCUT2D eigenvalue weighted by Gasteiger charge is 2.59. The van der Waals surface area contributed by atoms with Gasteiger partial charge in [0, 0.05) is 45.0 Å². The average molecular weight is 521 g/mol. The molecule has 8 nitrogen and oxygen atoms in total. The number of pyridine rings is 1. The van der Waals surface area contributed by atoms with Gasteiger partial charge in [0.15, 0.2) is 0 Å². The van der Waals surface area contributed by atoms with E-state index in [0.717, 1.165) is 57.7 Å². The lowest BCUT2D eigenvalue weighted by Crippen LogP contribution is -2.51. The number of fused-ring (bicyclic) bond motifs is 5. The molecule has 1 aromatic rings. The second-order valence-corrected chi connectivity index (χ2v) is 11.1. The summed E-state index contributed by atoms with van der Waals surface area (Å²) in [5.41, 5.74) is 0. The number of hydrogen-bond acceptors (Lipinski definition) is 7. The third kappa shape index (κ3) is 5.85. The van der Waals surface area contributed by atoms with Crippen LogP contribution in [0.4, 0.5) is 5.82 Å². The van der Waals surface area contributed by atoms with Gasteiger partial charge in [0.1, 0.15) is 11.9 Å². The summed E-state index contributed by atoms with van der Waals surface area (Å²) in [6, 6.07) is 5.91. The van der Waals surface area contributed by atoms with Crippen LogP contribution in [0.2, 0.25) is 0 Å². The van der Waals surface area contributed by atoms with E-state index in [9.17, 15) is 14.4 Å². The Morgan fingerprint density at radius 3 is 2.42 bits per heavy atom. The van der Waals surface area contributed by atoms with Crippen LogP contribution in [-0.4, -0.2) is 77.9 Å². The molecule has 0 spiro atoms. The number of piperazine rings is 1. The van der Waals surface area contributed by atoms with E-state index in [0.29, 0.717) is 6.54 Å². The number of carbonyl (C=O) groups is 3. The van der Waals surface area contributed by atoms with Crippen LogP contribution in [0.1, 0.15) is 45.4 Å². The third-order valence-corrected chi connectivity index (χ3v) is 8.52. The van der Waals surface area contributed by atoms with Gasteiger partial charge in [-0.1, -0.05) is 50.5 Å². The number of hydrogen-bond donors (Lipinski definition) is 0. The summed E-state index contributed by atoms with van der Waals surface area (Å²) in [4.78, 5) is 49.6. The minimum atomic E-state index is -0.564. The normalized spacial score (nSPS) is 27.5. The van der Waals surface area contributed by atoms with Crippen molar-refractivity contribution in [1.82, 2.24) is 14.8 Å². The highest BCUT2D eigenvalue weighted by atomic mass is 16.5. The van der Waals surface area contributed by atoms with Gasteiger partial charge in [0.2, 0.25) is 11.8 Å². The molecule has 3 heterocycles. The fourth-order valence-corrected chi connectivity index (χ4v) is 6.54. The molecule has 2 aliphatic heterocycles. The van der Waals surface area contributed by atoms with Gasteiger partial charge in [-0.05, 0) is 43.2 Å². The molecular formula is C30H40N4O4. The monoisotopic (exact) mass is 520 g/mol. The quantitative estimate of drug-likeness (QED) is 0.137. The number of imide groups is 1. The van der Waals surface area contributed by atoms with Crippen LogP contribution in [-0.2, 0) is 19.1 Å². The molecule has 5 rings (SSSR count). The second kappa shape index (κ2) is 12.2. The molecule has 8 heteroatoms. The molecule has 5 unspecified atom stereocenters. The van der Waals surface area contributed by atoms with E-state index in [1.165, 1.54) is 23.8 Å². The van der Waals surface area contributed by atoms with Gasteiger partial charge < -0.3 is 9.64 Å². The highest BCUT2D eigenvalue weighted by molar-refractivity contribution is 6.06. The number of rotatable bonds is 12. The van der Waals surface area contributed by atoms with Crippen molar-refractivity contribution in [1.29, 1.82) is 0 Å². The number of nitrogens with zero attached hydrogens (tertiary/aromatic N) is 4. The van der Waals surface area contributed by atoms with E-state index in [4.69, 9.17) is 4.74 Å². The Labute approximate surface area is 225 Å². The summed E-state index contributed by atoms with van der Waals surface area (Å²) in [6.45, 7) is 6.00. The van der Waals surface area contributed by atoms with Crippen LogP contribution < -0.4 is 4.90 Å². The third-order valence-electron chi connectivity index (χ3n) is 8.52. The van der Waals surface area contributed by atoms with Gasteiger partial charge >= 0.3 is 5.97 Å². The topological polar surface area (TPSA) is 83.1 Å². The minimum absolute atomic E-state index is 0.0932. The van der Waals surface area contributed by atoms with Crippen molar-refractivity contribution in [3.63, 3.8) is 0 Å². The first-order valence-electron chi connectivity index (χ1n) is 14.3. The summed E-state index contributed by atoms with van der Waals surface area (Å²) in [5.74, 6) is 0.234. The average Bonchev–Trinajstić information content (AvgIpc) is 3.62. The standard InChI is InChI=1S/C30H40N4O4/c1-2-3-4-5-6-7-11-26(35)38-24(20-32-15-17-33(18-16-32)25-10-8-9-14-31-25)21-34-29(36)27-22-12-13-23(19-22)28(27)30(34)37/h7-14,22-24,27-28H,2-6,15-21H2,1H3/b11-7+. The largest absolute Gasteiger partial charge is 0.456 e. The number of ether oxygens (including phenoxy) is 1. The van der Waals surface area contributed by atoms with E-state index in [1.807, 2.05) is 24.3 Å². The van der Waals surface area contributed by atoms with Crippen molar-refractivity contribution in [3.8, 4) is 0 Å². The maximum Gasteiger partial charge on any atom is 0.330 e. The first kappa shape index (κ1) is 26.6. The maximum atomic E-state index is 13.3. The number of carbonyl (C=O) groups excluding carboxylic acids is 3. The number of aromatic nitrogens is 1. The van der Waals surface area contributed by atoms with E-state index in [-0.39, 0.29) is 42.0 Å². The molecule has 1 aromatic heterocycles. The minimum Gasteiger partial charge on any atom is -0.456 e. The first-order chi connectivity index (χ1) is 18.5. The zero-order chi connectivity index (χ0) is 26.5. The summed E-state index contributed by atoms with van der Waals surface area (Å²) in [7, 11) is 0. The molecular weight excluding hydrogens is 480 g/mol. The molecule has 5 atom stereocenters. The van der Waals surface area contributed by atoms with Crippen molar-refractivity contribution in [2.75, 3.05) is 44.2 Å². The van der Waals surface area contributed by atoms with Gasteiger partial charge in [-0.2, -0.15) is 0 Å². The van der Waals surface area contributed by atoms with Crippen molar-refractivity contribution in [2.45, 2.75) is 51.6 Å². The Kier molecular flexibility index (Phi) is 8.57. The summed E-state index contributed by atoms with van der Waals surface area (Å²) < 4.78 is 5.89. The van der Waals surface area contributed by atoms with Crippen molar-refractivity contribution < 1.29 is 19.1 Å². The Hall–Kier alpha value is -3.00. The molecule has 38 heavy (non-hydrogen) atoms. The van der Waals surface area contributed by atoms with Crippen LogP contribution in [0, 0.1) is 23.7 Å². The van der Waals surface area contributed by atoms with Gasteiger partial charge in [-0.15, -0.1) is 0 Å². The lowest BCUT2D eigenvalue weighted by Gasteiger charge is -2.37. The molecule has 2 aliphatic carbocycles. The Bertz CT molecular complexity index is 1020. The predicted octanol–water partition coefficient (Wildman–Crippen LogP) is 3.45. The van der Waals surface area contributed by atoms with Crippen molar-refractivity contribution in [3.05, 3.63) is 48.7 Å². The molecule has 2 bridgehead atoms. The van der Waals surface area contributed by atoms with Crippen LogP contribution >= 0.6 is 0 Å². The number of anilines is 1. The number of amides is 2. The number of likely N-dealkylation sites (tertiary alicyclic amines) is 1. The molecule has 204 valence electrons. The van der Waals surface area contributed by atoms with Crippen LogP contribution in [0.3, 0.4) is 0 Å². The van der Waals surface area contributed by atoms with E-state index >= 15 is 0 Å². The van der Waals surface area contributed by atoms with Crippen LogP contribution in [0.25, 0.3) is 0 Å². The fourth-order valence-electron chi connectivity index (χ4n) is 6.54. The molecule has 2 amide bonds. The summed E-state index contributed by atoms with van der Waals surface area (Å²) in [5, 5.41) is 0. The summed E-state index contributed by atoms with van der Waals surface area (Å²) >= 11 is 0. The van der Waals surface area contributed by atoms with E-state index in [2.05, 4.69) is 33.9 Å². The Balaban J connectivity index is 1.20. The number of allylic oxidation sites excluding steroid dienone is 3. The maximum absolute atomic E-state index is 13.3. The van der Waals surface area contributed by atoms with Crippen molar-refractivity contribution in [2.24, 2.45) is 23.7 Å². The molecule has 2 saturated heterocycles. The molecule has 1 saturated carbocycles.